The molecule has 0 bridgehead atoms. The number of benzene rings is 3. The van der Waals surface area contributed by atoms with Crippen molar-refractivity contribution < 1.29 is 13.3 Å². The van der Waals surface area contributed by atoms with Crippen LogP contribution in [0.1, 0.15) is 19.3 Å². The monoisotopic (exact) mass is 606 g/mol. The second-order valence-electron chi connectivity index (χ2n) is 10.6. The molecule has 0 atom stereocenters. The third kappa shape index (κ3) is 6.65. The van der Waals surface area contributed by atoms with E-state index in [1.807, 2.05) is 88.8 Å². The zero-order chi connectivity index (χ0) is 30.1. The zero-order valence-corrected chi connectivity index (χ0v) is 27.4. The van der Waals surface area contributed by atoms with E-state index >= 15 is 0 Å². The lowest BCUT2D eigenvalue weighted by Gasteiger charge is -2.43. The summed E-state index contributed by atoms with van der Waals surface area (Å²) in [7, 11) is -8.06. The maximum absolute atomic E-state index is 7.07. The first kappa shape index (κ1) is 31.6. The third-order valence-corrected chi connectivity index (χ3v) is 17.7. The summed E-state index contributed by atoms with van der Waals surface area (Å²) in [6.07, 6.45) is 1.75. The molecule has 0 radical (unpaired) electrons. The standard InChI is InChI=1S/C36H42O3Si3/c1-7-40(8-2,34-22-16-13-17-23-34)37-31-28-32(38-41(9-3,10-4)35-24-18-14-19-25-35)30-33(29-31)39-42(11-5,12-6)36-26-20-15-21-27-36/h7-27,31-33H,1-6,28-30H2. The van der Waals surface area contributed by atoms with Crippen molar-refractivity contribution in [3.05, 3.63) is 165 Å². The first-order valence-electron chi connectivity index (χ1n) is 14.4. The Morgan fingerprint density at radius 2 is 0.619 bits per heavy atom. The van der Waals surface area contributed by atoms with Gasteiger partial charge in [0.25, 0.3) is 25.0 Å². The fraction of sp³-hybridized carbons (Fsp3) is 0.167. The third-order valence-electron chi connectivity index (χ3n) is 8.16. The molecule has 1 aliphatic rings. The average Bonchev–Trinajstić information content (AvgIpc) is 3.06. The molecule has 3 nitrogen and oxygen atoms in total. The molecule has 1 aliphatic carbocycles. The van der Waals surface area contributed by atoms with Gasteiger partial charge in [0.2, 0.25) is 0 Å². The van der Waals surface area contributed by atoms with Gasteiger partial charge < -0.3 is 13.3 Å². The van der Waals surface area contributed by atoms with Crippen LogP contribution in [0.5, 0.6) is 0 Å². The lowest BCUT2D eigenvalue weighted by atomic mass is 9.93. The smallest absolute Gasteiger partial charge is 0.272 e. The zero-order valence-electron chi connectivity index (χ0n) is 24.4. The summed E-state index contributed by atoms with van der Waals surface area (Å²) >= 11 is 0. The van der Waals surface area contributed by atoms with Crippen molar-refractivity contribution in [2.24, 2.45) is 0 Å². The van der Waals surface area contributed by atoms with E-state index in [9.17, 15) is 0 Å². The van der Waals surface area contributed by atoms with Crippen molar-refractivity contribution in [3.63, 3.8) is 0 Å². The van der Waals surface area contributed by atoms with Crippen molar-refractivity contribution in [3.8, 4) is 0 Å². The van der Waals surface area contributed by atoms with E-state index in [4.69, 9.17) is 13.3 Å². The Morgan fingerprint density at radius 1 is 0.405 bits per heavy atom. The van der Waals surface area contributed by atoms with Gasteiger partial charge >= 0.3 is 0 Å². The average molecular weight is 607 g/mol. The molecule has 42 heavy (non-hydrogen) atoms. The first-order chi connectivity index (χ1) is 20.4. The van der Waals surface area contributed by atoms with Gasteiger partial charge in [-0.05, 0) is 34.8 Å². The van der Waals surface area contributed by atoms with Crippen molar-refractivity contribution in [1.82, 2.24) is 0 Å². The fourth-order valence-electron chi connectivity index (χ4n) is 5.83. The summed E-state index contributed by atoms with van der Waals surface area (Å²) in [6, 6.07) is 30.9. The van der Waals surface area contributed by atoms with Crippen LogP contribution in [-0.2, 0) is 13.3 Å². The molecule has 4 rings (SSSR count). The quantitative estimate of drug-likeness (QED) is 0.192. The first-order valence-corrected chi connectivity index (χ1v) is 20.6. The Bertz CT molecular complexity index is 1170. The van der Waals surface area contributed by atoms with Crippen LogP contribution in [-0.4, -0.2) is 43.3 Å². The molecule has 0 spiro atoms. The lowest BCUT2D eigenvalue weighted by Crippen LogP contribution is -2.57. The van der Waals surface area contributed by atoms with Crippen molar-refractivity contribution in [2.45, 2.75) is 37.6 Å². The molecule has 3 aromatic carbocycles. The van der Waals surface area contributed by atoms with E-state index in [1.165, 1.54) is 0 Å². The van der Waals surface area contributed by atoms with Gasteiger partial charge in [-0.1, -0.05) is 125 Å². The van der Waals surface area contributed by atoms with Crippen LogP contribution in [0.25, 0.3) is 0 Å². The molecule has 0 saturated heterocycles. The fourth-order valence-corrected chi connectivity index (χ4v) is 13.1. The molecular weight excluding hydrogens is 565 g/mol. The Hall–Kier alpha value is -3.37. The summed E-state index contributed by atoms with van der Waals surface area (Å²) in [5, 5.41) is 3.35. The molecule has 0 aliphatic heterocycles. The molecule has 0 N–H and O–H groups in total. The van der Waals surface area contributed by atoms with Crippen LogP contribution < -0.4 is 15.6 Å². The maximum atomic E-state index is 7.07. The van der Waals surface area contributed by atoms with Crippen molar-refractivity contribution in [1.29, 1.82) is 0 Å². The SMILES string of the molecule is C=C[Si](C=C)(OC1CC(O[Si](C=C)(C=C)c2ccccc2)CC(O[Si](C=C)(C=C)c2ccccc2)C1)c1ccccc1. The minimum atomic E-state index is -2.69. The predicted octanol–water partition coefficient (Wildman–Crippen LogP) is 6.24. The van der Waals surface area contributed by atoms with Gasteiger partial charge in [0.1, 0.15) is 0 Å². The number of hydrogen-bond donors (Lipinski definition) is 0. The molecule has 6 heteroatoms. The summed E-state index contributed by atoms with van der Waals surface area (Å²) in [5.74, 6) is 0. The highest BCUT2D eigenvalue weighted by molar-refractivity contribution is 6.95. The number of hydrogen-bond acceptors (Lipinski definition) is 3. The summed E-state index contributed by atoms with van der Waals surface area (Å²) in [5.41, 5.74) is 11.8. The van der Waals surface area contributed by atoms with E-state index in [-0.39, 0.29) is 18.3 Å². The highest BCUT2D eigenvalue weighted by atomic mass is 28.4. The highest BCUT2D eigenvalue weighted by Gasteiger charge is 2.44. The van der Waals surface area contributed by atoms with E-state index in [0.29, 0.717) is 19.3 Å². The second kappa shape index (κ2) is 14.2. The summed E-state index contributed by atoms with van der Waals surface area (Å²) in [4.78, 5) is 0. The van der Waals surface area contributed by atoms with Crippen molar-refractivity contribution >= 4 is 40.5 Å². The minimum Gasteiger partial charge on any atom is -0.402 e. The van der Waals surface area contributed by atoms with Gasteiger partial charge in [-0.3, -0.25) is 0 Å². The molecule has 1 fully saturated rings. The Morgan fingerprint density at radius 3 is 0.810 bits per heavy atom. The van der Waals surface area contributed by atoms with E-state index in [2.05, 4.69) is 75.9 Å². The van der Waals surface area contributed by atoms with Gasteiger partial charge in [-0.15, -0.1) is 39.5 Å². The van der Waals surface area contributed by atoms with Crippen LogP contribution in [0.2, 0.25) is 0 Å². The van der Waals surface area contributed by atoms with E-state index < -0.39 is 25.0 Å². The van der Waals surface area contributed by atoms with E-state index in [0.717, 1.165) is 15.6 Å². The molecule has 0 unspecified atom stereocenters. The molecule has 0 aromatic heterocycles. The lowest BCUT2D eigenvalue weighted by molar-refractivity contribution is 0.000708. The molecule has 0 heterocycles. The van der Waals surface area contributed by atoms with E-state index in [1.54, 1.807) is 0 Å². The van der Waals surface area contributed by atoms with Gasteiger partial charge in [-0.2, -0.15) is 0 Å². The predicted molar refractivity (Wildman–Crippen MR) is 185 cm³/mol. The Balaban J connectivity index is 1.71. The number of rotatable bonds is 15. The van der Waals surface area contributed by atoms with Gasteiger partial charge in [0.05, 0.1) is 18.3 Å². The van der Waals surface area contributed by atoms with Gasteiger partial charge in [0, 0.05) is 0 Å². The highest BCUT2D eigenvalue weighted by Crippen LogP contribution is 2.33. The van der Waals surface area contributed by atoms with Gasteiger partial charge in [-0.25, -0.2) is 0 Å². The van der Waals surface area contributed by atoms with Crippen LogP contribution in [0.3, 0.4) is 0 Å². The molecule has 0 amide bonds. The van der Waals surface area contributed by atoms with Crippen LogP contribution in [0, 0.1) is 0 Å². The van der Waals surface area contributed by atoms with Crippen molar-refractivity contribution in [2.75, 3.05) is 0 Å². The molecule has 3 aromatic rings. The van der Waals surface area contributed by atoms with Crippen LogP contribution in [0.15, 0.2) is 165 Å². The Labute approximate surface area is 255 Å². The summed E-state index contributed by atoms with van der Waals surface area (Å²) in [6.45, 7) is 25.2. The largest absolute Gasteiger partial charge is 0.402 e. The van der Waals surface area contributed by atoms with Gasteiger partial charge in [0.15, 0.2) is 0 Å². The summed E-state index contributed by atoms with van der Waals surface area (Å²) < 4.78 is 21.2. The van der Waals surface area contributed by atoms with Crippen LogP contribution in [0.4, 0.5) is 0 Å². The topological polar surface area (TPSA) is 27.7 Å². The Kier molecular flexibility index (Phi) is 10.7. The minimum absolute atomic E-state index is 0.133. The second-order valence-corrected chi connectivity index (χ2v) is 20.3. The van der Waals surface area contributed by atoms with Crippen LogP contribution >= 0.6 is 0 Å². The molecular formula is C36H42O3Si3. The molecule has 216 valence electrons. The molecule has 1 saturated carbocycles. The maximum Gasteiger partial charge on any atom is 0.272 e. The normalized spacial score (nSPS) is 19.3.